The molecular formula is C12H16BrClN2O. The minimum atomic E-state index is -0.0634. The van der Waals surface area contributed by atoms with Gasteiger partial charge in [0, 0.05) is 29.6 Å². The molecule has 0 aromatic carbocycles. The van der Waals surface area contributed by atoms with Gasteiger partial charge in [0.15, 0.2) is 0 Å². The number of rotatable bonds is 6. The van der Waals surface area contributed by atoms with Gasteiger partial charge in [0.25, 0.3) is 5.91 Å². The van der Waals surface area contributed by atoms with E-state index in [-0.39, 0.29) is 5.91 Å². The van der Waals surface area contributed by atoms with Crippen molar-refractivity contribution in [2.45, 2.75) is 19.8 Å². The van der Waals surface area contributed by atoms with Gasteiger partial charge in [-0.3, -0.25) is 4.79 Å². The topological polar surface area (TPSA) is 33.2 Å². The van der Waals surface area contributed by atoms with Gasteiger partial charge in [0.05, 0.1) is 0 Å². The van der Waals surface area contributed by atoms with Crippen LogP contribution in [0.5, 0.6) is 0 Å². The average Bonchev–Trinajstić information content (AvgIpc) is 2.34. The normalized spacial score (nSPS) is 10.3. The number of halogens is 2. The van der Waals surface area contributed by atoms with Crippen molar-refractivity contribution in [1.82, 2.24) is 9.88 Å². The Balaban J connectivity index is 2.80. The molecule has 0 radical (unpaired) electrons. The van der Waals surface area contributed by atoms with E-state index in [1.165, 1.54) is 0 Å². The average molecular weight is 320 g/mol. The molecule has 1 amide bonds. The van der Waals surface area contributed by atoms with Crippen LogP contribution in [0, 0.1) is 0 Å². The van der Waals surface area contributed by atoms with Gasteiger partial charge >= 0.3 is 0 Å². The van der Waals surface area contributed by atoms with Gasteiger partial charge in [0.2, 0.25) is 0 Å². The highest BCUT2D eigenvalue weighted by atomic mass is 79.9. The molecule has 94 valence electrons. The Kier molecular flexibility index (Phi) is 6.52. The Bertz CT molecular complexity index is 373. The van der Waals surface area contributed by atoms with Crippen LogP contribution in [0.2, 0.25) is 0 Å². The Labute approximate surface area is 115 Å². The van der Waals surface area contributed by atoms with Crippen LogP contribution >= 0.6 is 27.5 Å². The van der Waals surface area contributed by atoms with Crippen molar-refractivity contribution in [3.63, 3.8) is 0 Å². The van der Waals surface area contributed by atoms with E-state index in [0.29, 0.717) is 18.1 Å². The molecule has 0 saturated carbocycles. The molecule has 0 aliphatic carbocycles. The summed E-state index contributed by atoms with van der Waals surface area (Å²) in [5, 5.41) is 0. The van der Waals surface area contributed by atoms with E-state index in [0.717, 1.165) is 23.9 Å². The van der Waals surface area contributed by atoms with E-state index < -0.39 is 0 Å². The first-order valence-electron chi connectivity index (χ1n) is 5.66. The largest absolute Gasteiger partial charge is 0.336 e. The lowest BCUT2D eigenvalue weighted by Gasteiger charge is -2.21. The van der Waals surface area contributed by atoms with Gasteiger partial charge in [-0.2, -0.15) is 0 Å². The van der Waals surface area contributed by atoms with Crippen LogP contribution in [0.25, 0.3) is 0 Å². The van der Waals surface area contributed by atoms with Gasteiger partial charge in [-0.25, -0.2) is 4.98 Å². The number of carbonyl (C=O) groups excluding carboxylic acids is 1. The van der Waals surface area contributed by atoms with Crippen molar-refractivity contribution in [1.29, 1.82) is 0 Å². The SMILES string of the molecule is CCCCN(CCCl)C(=O)c1ncccc1Br. The summed E-state index contributed by atoms with van der Waals surface area (Å²) in [5.41, 5.74) is 0.453. The van der Waals surface area contributed by atoms with E-state index in [2.05, 4.69) is 27.8 Å². The van der Waals surface area contributed by atoms with Crippen LogP contribution in [0.15, 0.2) is 22.8 Å². The summed E-state index contributed by atoms with van der Waals surface area (Å²) in [7, 11) is 0. The molecule has 0 aliphatic heterocycles. The fourth-order valence-electron chi connectivity index (χ4n) is 1.46. The molecule has 0 bridgehead atoms. The zero-order chi connectivity index (χ0) is 12.7. The molecule has 1 aromatic rings. The minimum absolute atomic E-state index is 0.0634. The monoisotopic (exact) mass is 318 g/mol. The third kappa shape index (κ3) is 4.28. The summed E-state index contributed by atoms with van der Waals surface area (Å²) in [6.45, 7) is 3.38. The zero-order valence-electron chi connectivity index (χ0n) is 9.83. The van der Waals surface area contributed by atoms with Crippen LogP contribution in [0.4, 0.5) is 0 Å². The number of hydrogen-bond acceptors (Lipinski definition) is 2. The Morgan fingerprint density at radius 2 is 2.29 bits per heavy atom. The fourth-order valence-corrected chi connectivity index (χ4v) is 2.09. The first-order valence-corrected chi connectivity index (χ1v) is 6.99. The first kappa shape index (κ1) is 14.5. The molecule has 1 heterocycles. The molecular weight excluding hydrogens is 304 g/mol. The van der Waals surface area contributed by atoms with Crippen LogP contribution in [-0.2, 0) is 0 Å². The van der Waals surface area contributed by atoms with Crippen LogP contribution in [0.1, 0.15) is 30.3 Å². The summed E-state index contributed by atoms with van der Waals surface area (Å²) in [6.07, 6.45) is 3.65. The van der Waals surface area contributed by atoms with Crippen LogP contribution in [-0.4, -0.2) is 34.8 Å². The standard InChI is InChI=1S/C12H16BrClN2O/c1-2-3-8-16(9-6-14)12(17)11-10(13)5-4-7-15-11/h4-5,7H,2-3,6,8-9H2,1H3. The maximum atomic E-state index is 12.2. The fraction of sp³-hybridized carbons (Fsp3) is 0.500. The second kappa shape index (κ2) is 7.67. The lowest BCUT2D eigenvalue weighted by molar-refractivity contribution is 0.0756. The van der Waals surface area contributed by atoms with Crippen molar-refractivity contribution in [2.24, 2.45) is 0 Å². The number of unbranched alkanes of at least 4 members (excludes halogenated alkanes) is 1. The summed E-state index contributed by atoms with van der Waals surface area (Å²) >= 11 is 9.06. The smallest absolute Gasteiger partial charge is 0.273 e. The number of hydrogen-bond donors (Lipinski definition) is 0. The van der Waals surface area contributed by atoms with Crippen molar-refractivity contribution >= 4 is 33.4 Å². The number of amides is 1. The van der Waals surface area contributed by atoms with E-state index in [1.807, 2.05) is 6.07 Å². The van der Waals surface area contributed by atoms with Gasteiger partial charge in [-0.1, -0.05) is 13.3 Å². The molecule has 0 atom stereocenters. The predicted molar refractivity (Wildman–Crippen MR) is 73.5 cm³/mol. The van der Waals surface area contributed by atoms with Crippen molar-refractivity contribution in [2.75, 3.05) is 19.0 Å². The van der Waals surface area contributed by atoms with Gasteiger partial charge in [-0.05, 0) is 34.5 Å². The molecule has 0 aliphatic rings. The molecule has 17 heavy (non-hydrogen) atoms. The number of nitrogens with zero attached hydrogens (tertiary/aromatic N) is 2. The quantitative estimate of drug-likeness (QED) is 0.754. The Hall–Kier alpha value is -0.610. The lowest BCUT2D eigenvalue weighted by Crippen LogP contribution is -2.34. The lowest BCUT2D eigenvalue weighted by atomic mass is 10.2. The van der Waals surface area contributed by atoms with E-state index in [9.17, 15) is 4.79 Å². The van der Waals surface area contributed by atoms with Gasteiger partial charge < -0.3 is 4.90 Å². The molecule has 0 fully saturated rings. The van der Waals surface area contributed by atoms with E-state index in [1.54, 1.807) is 17.2 Å². The zero-order valence-corrected chi connectivity index (χ0v) is 12.2. The molecule has 0 unspecified atom stereocenters. The number of pyridine rings is 1. The molecule has 0 saturated heterocycles. The van der Waals surface area contributed by atoms with E-state index >= 15 is 0 Å². The number of alkyl halides is 1. The third-order valence-corrected chi connectivity index (χ3v) is 3.19. The summed E-state index contributed by atoms with van der Waals surface area (Å²) < 4.78 is 0.723. The summed E-state index contributed by atoms with van der Waals surface area (Å²) in [4.78, 5) is 18.1. The van der Waals surface area contributed by atoms with E-state index in [4.69, 9.17) is 11.6 Å². The maximum absolute atomic E-state index is 12.2. The molecule has 1 aromatic heterocycles. The maximum Gasteiger partial charge on any atom is 0.273 e. The van der Waals surface area contributed by atoms with Crippen molar-refractivity contribution in [3.8, 4) is 0 Å². The molecule has 0 N–H and O–H groups in total. The molecule has 0 spiro atoms. The van der Waals surface area contributed by atoms with Gasteiger partial charge in [-0.15, -0.1) is 11.6 Å². The van der Waals surface area contributed by atoms with Crippen LogP contribution in [0.3, 0.4) is 0 Å². The number of aromatic nitrogens is 1. The minimum Gasteiger partial charge on any atom is -0.336 e. The molecule has 3 nitrogen and oxygen atoms in total. The molecule has 5 heteroatoms. The second-order valence-electron chi connectivity index (χ2n) is 3.67. The first-order chi connectivity index (χ1) is 8.20. The Morgan fingerprint density at radius 3 is 2.88 bits per heavy atom. The molecule has 1 rings (SSSR count). The highest BCUT2D eigenvalue weighted by Crippen LogP contribution is 2.15. The highest BCUT2D eigenvalue weighted by Gasteiger charge is 2.18. The number of carbonyl (C=O) groups is 1. The second-order valence-corrected chi connectivity index (χ2v) is 4.90. The summed E-state index contributed by atoms with van der Waals surface area (Å²) in [5.74, 6) is 0.381. The van der Waals surface area contributed by atoms with Crippen LogP contribution < -0.4 is 0 Å². The van der Waals surface area contributed by atoms with Gasteiger partial charge in [0.1, 0.15) is 5.69 Å². The van der Waals surface area contributed by atoms with Crippen molar-refractivity contribution < 1.29 is 4.79 Å². The predicted octanol–water partition coefficient (Wildman–Crippen LogP) is 3.33. The Morgan fingerprint density at radius 1 is 1.53 bits per heavy atom. The summed E-state index contributed by atoms with van der Waals surface area (Å²) in [6, 6.07) is 3.61. The van der Waals surface area contributed by atoms with Crippen molar-refractivity contribution in [3.05, 3.63) is 28.5 Å². The third-order valence-electron chi connectivity index (χ3n) is 2.38. The highest BCUT2D eigenvalue weighted by molar-refractivity contribution is 9.10.